The van der Waals surface area contributed by atoms with Gasteiger partial charge in [0.15, 0.2) is 0 Å². The van der Waals surface area contributed by atoms with Crippen LogP contribution in [-0.4, -0.2) is 37.3 Å². The van der Waals surface area contributed by atoms with Gasteiger partial charge in [-0.2, -0.15) is 0 Å². The Morgan fingerprint density at radius 2 is 2.37 bits per heavy atom. The molecule has 19 heavy (non-hydrogen) atoms. The maximum atomic E-state index is 5.66. The van der Waals surface area contributed by atoms with Crippen LogP contribution in [0.1, 0.15) is 25.8 Å². The lowest BCUT2D eigenvalue weighted by atomic mass is 10.1. The number of halogens is 1. The van der Waals surface area contributed by atoms with Crippen LogP contribution in [-0.2, 0) is 11.3 Å². The van der Waals surface area contributed by atoms with Gasteiger partial charge < -0.3 is 15.0 Å². The maximum Gasteiger partial charge on any atom is 0.133 e. The number of nitrogens with one attached hydrogen (secondary N) is 1. The third kappa shape index (κ3) is 3.46. The van der Waals surface area contributed by atoms with Crippen LogP contribution >= 0.6 is 15.9 Å². The lowest BCUT2D eigenvalue weighted by molar-refractivity contribution is 0.118. The van der Waals surface area contributed by atoms with Gasteiger partial charge in [-0.25, -0.2) is 4.98 Å². The Kier molecular flexibility index (Phi) is 5.19. The SMILES string of the molecule is CCNCc1cc(Br)cnc1N(C)C1CCOC1C. The first-order chi connectivity index (χ1) is 9.13. The molecule has 2 atom stereocenters. The minimum absolute atomic E-state index is 0.266. The van der Waals surface area contributed by atoms with Gasteiger partial charge in [-0.1, -0.05) is 6.92 Å². The fourth-order valence-electron chi connectivity index (χ4n) is 2.57. The second kappa shape index (κ2) is 6.68. The highest BCUT2D eigenvalue weighted by Gasteiger charge is 2.29. The summed E-state index contributed by atoms with van der Waals surface area (Å²) in [5.41, 5.74) is 1.22. The van der Waals surface area contributed by atoms with Gasteiger partial charge in [-0.3, -0.25) is 0 Å². The molecule has 1 aliphatic heterocycles. The molecular weight excluding hydrogens is 306 g/mol. The molecule has 0 saturated carbocycles. The molecule has 1 aliphatic rings. The summed E-state index contributed by atoms with van der Waals surface area (Å²) in [5.74, 6) is 1.05. The number of pyridine rings is 1. The Hall–Kier alpha value is -0.650. The van der Waals surface area contributed by atoms with Gasteiger partial charge in [-0.05, 0) is 41.9 Å². The quantitative estimate of drug-likeness (QED) is 0.901. The summed E-state index contributed by atoms with van der Waals surface area (Å²) in [6.45, 7) is 6.89. The highest BCUT2D eigenvalue weighted by Crippen LogP contribution is 2.27. The van der Waals surface area contributed by atoms with Crippen molar-refractivity contribution < 1.29 is 4.74 Å². The average molecular weight is 328 g/mol. The van der Waals surface area contributed by atoms with Crippen LogP contribution in [0.15, 0.2) is 16.7 Å². The third-order valence-corrected chi connectivity index (χ3v) is 4.08. The molecule has 1 saturated heterocycles. The zero-order valence-electron chi connectivity index (χ0n) is 11.8. The minimum atomic E-state index is 0.266. The first-order valence-corrected chi connectivity index (χ1v) is 7.62. The highest BCUT2D eigenvalue weighted by molar-refractivity contribution is 9.10. The van der Waals surface area contributed by atoms with Crippen molar-refractivity contribution in [3.8, 4) is 0 Å². The van der Waals surface area contributed by atoms with E-state index in [-0.39, 0.29) is 6.10 Å². The van der Waals surface area contributed by atoms with Gasteiger partial charge in [0.1, 0.15) is 5.82 Å². The van der Waals surface area contributed by atoms with E-state index in [2.05, 4.69) is 58.1 Å². The van der Waals surface area contributed by atoms with Crippen molar-refractivity contribution in [2.24, 2.45) is 0 Å². The summed E-state index contributed by atoms with van der Waals surface area (Å²) in [5, 5.41) is 3.37. The number of anilines is 1. The second-order valence-corrected chi connectivity index (χ2v) is 5.88. The van der Waals surface area contributed by atoms with Crippen molar-refractivity contribution in [1.29, 1.82) is 0 Å². The monoisotopic (exact) mass is 327 g/mol. The van der Waals surface area contributed by atoms with Gasteiger partial charge in [0.2, 0.25) is 0 Å². The van der Waals surface area contributed by atoms with Crippen LogP contribution in [0.2, 0.25) is 0 Å². The number of hydrogen-bond acceptors (Lipinski definition) is 4. The second-order valence-electron chi connectivity index (χ2n) is 4.96. The fraction of sp³-hybridized carbons (Fsp3) is 0.643. The van der Waals surface area contributed by atoms with E-state index in [1.165, 1.54) is 5.56 Å². The number of likely N-dealkylation sites (N-methyl/N-ethyl adjacent to an activating group) is 1. The van der Waals surface area contributed by atoms with Crippen molar-refractivity contribution >= 4 is 21.7 Å². The smallest absolute Gasteiger partial charge is 0.133 e. The standard InChI is InChI=1S/C14H22BrN3O/c1-4-16-8-11-7-12(15)9-17-14(11)18(3)13-5-6-19-10(13)2/h7,9-10,13,16H,4-6,8H2,1-3H3. The number of ether oxygens (including phenoxy) is 1. The van der Waals surface area contributed by atoms with Crippen LogP contribution in [0.3, 0.4) is 0 Å². The minimum Gasteiger partial charge on any atom is -0.376 e. The van der Waals surface area contributed by atoms with Crippen molar-refractivity contribution in [3.05, 3.63) is 22.3 Å². The van der Waals surface area contributed by atoms with Crippen molar-refractivity contribution in [2.75, 3.05) is 25.1 Å². The predicted molar refractivity (Wildman–Crippen MR) is 81.5 cm³/mol. The molecule has 0 radical (unpaired) electrons. The highest BCUT2D eigenvalue weighted by atomic mass is 79.9. The lowest BCUT2D eigenvalue weighted by Gasteiger charge is -2.29. The number of hydrogen-bond donors (Lipinski definition) is 1. The topological polar surface area (TPSA) is 37.4 Å². The van der Waals surface area contributed by atoms with Gasteiger partial charge in [0.05, 0.1) is 12.1 Å². The van der Waals surface area contributed by atoms with Gasteiger partial charge in [0, 0.05) is 36.4 Å². The summed E-state index contributed by atoms with van der Waals surface area (Å²) in [6.07, 6.45) is 3.19. The molecule has 0 aromatic carbocycles. The van der Waals surface area contributed by atoms with Crippen LogP contribution in [0.5, 0.6) is 0 Å². The number of nitrogens with zero attached hydrogens (tertiary/aromatic N) is 2. The first kappa shape index (κ1) is 14.8. The van der Waals surface area contributed by atoms with Crippen LogP contribution in [0.25, 0.3) is 0 Å². The van der Waals surface area contributed by atoms with Crippen LogP contribution in [0, 0.1) is 0 Å². The first-order valence-electron chi connectivity index (χ1n) is 6.83. The van der Waals surface area contributed by atoms with Crippen molar-refractivity contribution in [3.63, 3.8) is 0 Å². The molecule has 1 fully saturated rings. The molecule has 4 nitrogen and oxygen atoms in total. The third-order valence-electron chi connectivity index (χ3n) is 3.64. The zero-order valence-corrected chi connectivity index (χ0v) is 13.4. The Labute approximate surface area is 123 Å². The molecule has 0 amide bonds. The summed E-state index contributed by atoms with van der Waals surface area (Å²) in [4.78, 5) is 6.85. The molecule has 2 heterocycles. The van der Waals surface area contributed by atoms with E-state index >= 15 is 0 Å². The molecule has 0 bridgehead atoms. The largest absolute Gasteiger partial charge is 0.376 e. The summed E-state index contributed by atoms with van der Waals surface area (Å²) >= 11 is 3.50. The van der Waals surface area contributed by atoms with Crippen LogP contribution in [0.4, 0.5) is 5.82 Å². The normalized spacial score (nSPS) is 22.7. The van der Waals surface area contributed by atoms with Gasteiger partial charge in [0.25, 0.3) is 0 Å². The predicted octanol–water partition coefficient (Wildman–Crippen LogP) is 2.57. The molecule has 2 rings (SSSR count). The van der Waals surface area contributed by atoms with E-state index < -0.39 is 0 Å². The van der Waals surface area contributed by atoms with E-state index in [9.17, 15) is 0 Å². The Morgan fingerprint density at radius 3 is 3.00 bits per heavy atom. The van der Waals surface area contributed by atoms with E-state index in [0.29, 0.717) is 6.04 Å². The molecule has 1 aromatic heterocycles. The Morgan fingerprint density at radius 1 is 1.58 bits per heavy atom. The molecule has 5 heteroatoms. The van der Waals surface area contributed by atoms with Gasteiger partial charge in [-0.15, -0.1) is 0 Å². The number of aromatic nitrogens is 1. The van der Waals surface area contributed by atoms with E-state index in [0.717, 1.165) is 36.4 Å². The van der Waals surface area contributed by atoms with Crippen molar-refractivity contribution in [2.45, 2.75) is 39.0 Å². The fourth-order valence-corrected chi connectivity index (χ4v) is 2.95. The molecule has 1 N–H and O–H groups in total. The van der Waals surface area contributed by atoms with E-state index in [4.69, 9.17) is 4.74 Å². The number of rotatable bonds is 5. The Balaban J connectivity index is 2.22. The summed E-state index contributed by atoms with van der Waals surface area (Å²) in [7, 11) is 2.11. The zero-order chi connectivity index (χ0) is 13.8. The van der Waals surface area contributed by atoms with E-state index in [1.807, 2.05) is 6.20 Å². The lowest BCUT2D eigenvalue weighted by Crippen LogP contribution is -2.38. The Bertz CT molecular complexity index is 427. The van der Waals surface area contributed by atoms with Crippen molar-refractivity contribution in [1.82, 2.24) is 10.3 Å². The summed E-state index contributed by atoms with van der Waals surface area (Å²) < 4.78 is 6.68. The van der Waals surface area contributed by atoms with Crippen LogP contribution < -0.4 is 10.2 Å². The average Bonchev–Trinajstić information content (AvgIpc) is 2.82. The molecule has 0 aliphatic carbocycles. The molecule has 1 aromatic rings. The summed E-state index contributed by atoms with van der Waals surface area (Å²) in [6, 6.07) is 2.55. The molecule has 0 spiro atoms. The molecule has 2 unspecified atom stereocenters. The molecular formula is C14H22BrN3O. The van der Waals surface area contributed by atoms with E-state index in [1.54, 1.807) is 0 Å². The molecule has 106 valence electrons. The maximum absolute atomic E-state index is 5.66. The van der Waals surface area contributed by atoms with Gasteiger partial charge >= 0.3 is 0 Å².